The van der Waals surface area contributed by atoms with E-state index >= 15 is 0 Å². The van der Waals surface area contributed by atoms with E-state index in [1.54, 1.807) is 12.3 Å². The first-order chi connectivity index (χ1) is 13.2. The van der Waals surface area contributed by atoms with Crippen LogP contribution in [0.1, 0.15) is 21.6 Å². The predicted molar refractivity (Wildman–Crippen MR) is 108 cm³/mol. The fourth-order valence-electron chi connectivity index (χ4n) is 2.90. The Labute approximate surface area is 156 Å². The maximum atomic E-state index is 12.3. The van der Waals surface area contributed by atoms with Crippen molar-refractivity contribution in [1.82, 2.24) is 15.6 Å². The van der Waals surface area contributed by atoms with Crippen LogP contribution in [0.4, 0.5) is 0 Å². The Morgan fingerprint density at radius 3 is 2.67 bits per heavy atom. The maximum Gasteiger partial charge on any atom is 0.289 e. The number of hydrazone groups is 1. The third-order valence-corrected chi connectivity index (χ3v) is 4.35. The van der Waals surface area contributed by atoms with Gasteiger partial charge in [0, 0.05) is 5.56 Å². The number of nitrogens with one attached hydrogen (secondary N) is 2. The first kappa shape index (κ1) is 16.7. The molecule has 0 atom stereocenters. The Hall–Kier alpha value is -3.73. The van der Waals surface area contributed by atoms with Crippen LogP contribution < -0.4 is 5.43 Å². The first-order valence-electron chi connectivity index (χ1n) is 8.64. The van der Waals surface area contributed by atoms with Gasteiger partial charge in [-0.2, -0.15) is 10.2 Å². The molecule has 0 aliphatic carbocycles. The van der Waals surface area contributed by atoms with Crippen LogP contribution >= 0.6 is 0 Å². The molecule has 1 aromatic heterocycles. The molecule has 1 amide bonds. The molecule has 0 saturated heterocycles. The number of carbonyl (C=O) groups excluding carboxylic acids is 1. The van der Waals surface area contributed by atoms with Crippen molar-refractivity contribution < 1.29 is 4.79 Å². The molecule has 0 spiro atoms. The summed E-state index contributed by atoms with van der Waals surface area (Å²) < 4.78 is 0. The molecule has 0 aliphatic rings. The van der Waals surface area contributed by atoms with Crippen LogP contribution in [0.3, 0.4) is 0 Å². The Kier molecular flexibility index (Phi) is 4.49. The fourth-order valence-corrected chi connectivity index (χ4v) is 2.90. The second-order valence-electron chi connectivity index (χ2n) is 6.30. The fraction of sp³-hybridized carbons (Fsp3) is 0.0455. The third kappa shape index (κ3) is 3.62. The van der Waals surface area contributed by atoms with E-state index in [1.165, 1.54) is 5.56 Å². The zero-order chi connectivity index (χ0) is 18.6. The lowest BCUT2D eigenvalue weighted by Gasteiger charge is -2.02. The SMILES string of the molecule is Cc1ccc(/C=N\NC(=O)c2cc(-c3cccc4ccccc34)n[nH]2)cc1. The number of carbonyl (C=O) groups is 1. The van der Waals surface area contributed by atoms with Crippen LogP contribution in [-0.4, -0.2) is 22.3 Å². The Morgan fingerprint density at radius 2 is 1.81 bits per heavy atom. The van der Waals surface area contributed by atoms with E-state index in [1.807, 2.05) is 61.5 Å². The molecule has 0 bridgehead atoms. The minimum Gasteiger partial charge on any atom is -0.272 e. The first-order valence-corrected chi connectivity index (χ1v) is 8.64. The third-order valence-electron chi connectivity index (χ3n) is 4.35. The average molecular weight is 354 g/mol. The zero-order valence-electron chi connectivity index (χ0n) is 14.8. The van der Waals surface area contributed by atoms with E-state index < -0.39 is 0 Å². The number of amides is 1. The van der Waals surface area contributed by atoms with Crippen molar-refractivity contribution in [2.24, 2.45) is 5.10 Å². The van der Waals surface area contributed by atoms with Crippen LogP contribution in [-0.2, 0) is 0 Å². The van der Waals surface area contributed by atoms with Gasteiger partial charge in [0.15, 0.2) is 0 Å². The monoisotopic (exact) mass is 354 g/mol. The molecule has 0 unspecified atom stereocenters. The highest BCUT2D eigenvalue weighted by Gasteiger charge is 2.12. The summed E-state index contributed by atoms with van der Waals surface area (Å²) in [6.45, 7) is 2.02. The van der Waals surface area contributed by atoms with Gasteiger partial charge in [0.2, 0.25) is 0 Å². The average Bonchev–Trinajstić information content (AvgIpc) is 3.19. The van der Waals surface area contributed by atoms with Gasteiger partial charge in [0.25, 0.3) is 5.91 Å². The van der Waals surface area contributed by atoms with Gasteiger partial charge >= 0.3 is 0 Å². The van der Waals surface area contributed by atoms with Crippen LogP contribution in [0.15, 0.2) is 77.9 Å². The smallest absolute Gasteiger partial charge is 0.272 e. The van der Waals surface area contributed by atoms with Gasteiger partial charge in [-0.25, -0.2) is 5.43 Å². The number of aryl methyl sites for hydroxylation is 1. The molecule has 0 fully saturated rings. The van der Waals surface area contributed by atoms with E-state index in [9.17, 15) is 4.79 Å². The lowest BCUT2D eigenvalue weighted by Crippen LogP contribution is -2.17. The summed E-state index contributed by atoms with van der Waals surface area (Å²) in [6.07, 6.45) is 1.61. The molecular weight excluding hydrogens is 336 g/mol. The molecule has 132 valence electrons. The minimum absolute atomic E-state index is 0.336. The Bertz CT molecular complexity index is 1120. The second-order valence-corrected chi connectivity index (χ2v) is 6.30. The van der Waals surface area contributed by atoms with Gasteiger partial charge in [-0.1, -0.05) is 72.3 Å². The molecule has 5 heteroatoms. The van der Waals surface area contributed by atoms with E-state index in [4.69, 9.17) is 0 Å². The van der Waals surface area contributed by atoms with E-state index in [2.05, 4.69) is 32.9 Å². The molecule has 0 aliphatic heterocycles. The van der Waals surface area contributed by atoms with Crippen LogP contribution in [0.2, 0.25) is 0 Å². The number of aromatic amines is 1. The van der Waals surface area contributed by atoms with Crippen molar-refractivity contribution in [3.05, 3.63) is 89.6 Å². The normalized spacial score (nSPS) is 11.1. The predicted octanol–water partition coefficient (Wildman–Crippen LogP) is 4.30. The number of rotatable bonds is 4. The van der Waals surface area contributed by atoms with Crippen LogP contribution in [0.25, 0.3) is 22.0 Å². The van der Waals surface area contributed by atoms with E-state index in [-0.39, 0.29) is 5.91 Å². The molecule has 3 aromatic carbocycles. The van der Waals surface area contributed by atoms with Crippen molar-refractivity contribution in [2.75, 3.05) is 0 Å². The van der Waals surface area contributed by atoms with Gasteiger partial charge in [-0.15, -0.1) is 0 Å². The number of hydrogen-bond acceptors (Lipinski definition) is 3. The lowest BCUT2D eigenvalue weighted by molar-refractivity contribution is 0.0950. The van der Waals surface area contributed by atoms with Crippen molar-refractivity contribution in [2.45, 2.75) is 6.92 Å². The number of hydrogen-bond donors (Lipinski definition) is 2. The quantitative estimate of drug-likeness (QED) is 0.424. The van der Waals surface area contributed by atoms with Crippen molar-refractivity contribution in [3.63, 3.8) is 0 Å². The molecule has 27 heavy (non-hydrogen) atoms. The molecule has 2 N–H and O–H groups in total. The summed E-state index contributed by atoms with van der Waals surface area (Å²) in [5.41, 5.74) is 6.68. The summed E-state index contributed by atoms with van der Waals surface area (Å²) in [4.78, 5) is 12.3. The molecular formula is C22H18N4O. The zero-order valence-corrected chi connectivity index (χ0v) is 14.8. The van der Waals surface area contributed by atoms with Gasteiger partial charge < -0.3 is 0 Å². The van der Waals surface area contributed by atoms with E-state index in [0.717, 1.165) is 27.6 Å². The molecule has 0 saturated carbocycles. The summed E-state index contributed by atoms with van der Waals surface area (Å²) in [5, 5.41) is 13.3. The summed E-state index contributed by atoms with van der Waals surface area (Å²) in [6, 6.07) is 23.7. The number of fused-ring (bicyclic) bond motifs is 1. The number of H-pyrrole nitrogens is 1. The number of benzene rings is 3. The highest BCUT2D eigenvalue weighted by atomic mass is 16.2. The van der Waals surface area contributed by atoms with Crippen molar-refractivity contribution >= 4 is 22.9 Å². The summed E-state index contributed by atoms with van der Waals surface area (Å²) in [7, 11) is 0. The molecule has 1 heterocycles. The number of nitrogens with zero attached hydrogens (tertiary/aromatic N) is 2. The maximum absolute atomic E-state index is 12.3. The molecule has 4 rings (SSSR count). The lowest BCUT2D eigenvalue weighted by atomic mass is 10.0. The molecule has 4 aromatic rings. The van der Waals surface area contributed by atoms with Crippen LogP contribution in [0.5, 0.6) is 0 Å². The van der Waals surface area contributed by atoms with Gasteiger partial charge in [0.05, 0.1) is 11.9 Å². The molecule has 0 radical (unpaired) electrons. The topological polar surface area (TPSA) is 70.1 Å². The summed E-state index contributed by atoms with van der Waals surface area (Å²) in [5.74, 6) is -0.336. The largest absolute Gasteiger partial charge is 0.289 e. The van der Waals surface area contributed by atoms with Gasteiger partial charge in [0.1, 0.15) is 5.69 Å². The summed E-state index contributed by atoms with van der Waals surface area (Å²) >= 11 is 0. The Morgan fingerprint density at radius 1 is 1.04 bits per heavy atom. The van der Waals surface area contributed by atoms with Gasteiger partial charge in [-0.3, -0.25) is 9.89 Å². The van der Waals surface area contributed by atoms with Crippen molar-refractivity contribution in [1.29, 1.82) is 0 Å². The Balaban J connectivity index is 1.52. The second kappa shape index (κ2) is 7.25. The number of aromatic nitrogens is 2. The van der Waals surface area contributed by atoms with Gasteiger partial charge in [-0.05, 0) is 29.3 Å². The highest BCUT2D eigenvalue weighted by Crippen LogP contribution is 2.27. The van der Waals surface area contributed by atoms with Crippen LogP contribution in [0, 0.1) is 6.92 Å². The van der Waals surface area contributed by atoms with Crippen molar-refractivity contribution in [3.8, 4) is 11.3 Å². The molecule has 5 nitrogen and oxygen atoms in total. The van der Waals surface area contributed by atoms with E-state index in [0.29, 0.717) is 5.69 Å². The highest BCUT2D eigenvalue weighted by molar-refractivity contribution is 5.98. The minimum atomic E-state index is -0.336. The standard InChI is InChI=1S/C22H18N4O/c1-15-9-11-16(12-10-15)14-23-26-22(27)21-13-20(24-25-21)19-8-4-6-17-5-2-3-7-18(17)19/h2-14H,1H3,(H,24,25)(H,26,27)/b23-14-.